The average molecular weight is 1050 g/mol. The largest absolute Gasteiger partial charge is 0.376 e. The Bertz CT molecular complexity index is 2620. The Balaban J connectivity index is 0.000000156. The van der Waals surface area contributed by atoms with Crippen LogP contribution in [0.15, 0.2) is 36.6 Å². The van der Waals surface area contributed by atoms with E-state index in [4.69, 9.17) is 39.9 Å². The number of carbonyl (C=O) groups excluding carboxylic acids is 4. The molecule has 21 nitrogen and oxygen atoms in total. The maximum atomic E-state index is 12.2. The molecule has 0 radical (unpaired) electrons. The standard InChI is InChI=1S/C16H22N6O.C13H16ClN5O.C8H15NO2.C6H4ClN3.C5H10ClNO/c1-2-3-11-6-13(23)21(7-11)10-22-9-19-14-15(20-12-4-5-12)17-8-18-16(14)22;1-2-3-9-4-10(20)18(5-9)8-19-7-17-11-12(14)15-6-16-13(11)19;1-2-3-7-4-8(11)9(5-7)6-10;7-6-5-4(1-2-8-5)9-3-10-6;1-3-7(4-2)5(6)8/h8-9,11-12H,2-7,10H2,1H3,(H,17,18,20);6-7,9H,2-5,8H2,1H3;7,10H,2-6H2,1H3;2-3H,1H2;3-4H2,1-2H3. The zero-order valence-corrected chi connectivity index (χ0v) is 44.1. The van der Waals surface area contributed by atoms with Crippen LogP contribution in [0.4, 0.5) is 16.3 Å². The molecule has 3 unspecified atom stereocenters. The fourth-order valence-electron chi connectivity index (χ4n) is 8.97. The number of nitrogens with zero attached hydrogens (tertiary/aromatic N) is 15. The van der Waals surface area contributed by atoms with Crippen molar-refractivity contribution in [3.05, 3.63) is 47.6 Å². The van der Waals surface area contributed by atoms with Gasteiger partial charge in [-0.25, -0.2) is 39.9 Å². The SMILES string of the molecule is CCCC1CC(=O)N(CO)C1.CCCC1CC(=O)N(Cn2cnc3c(Cl)ncnc32)C1.CCCC1CC(=O)N(Cn2cnc3c(NC4CC4)ncnc32)C1.CCN(CC)C(=O)Cl.Clc1ncnc2c1N=CC2. The monoisotopic (exact) mass is 1050 g/mol. The average Bonchev–Trinajstić information content (AvgIpc) is 3.94. The van der Waals surface area contributed by atoms with Gasteiger partial charge in [-0.2, -0.15) is 0 Å². The van der Waals surface area contributed by atoms with Crippen molar-refractivity contribution in [3.8, 4) is 0 Å². The molecule has 24 heteroatoms. The van der Waals surface area contributed by atoms with E-state index in [1.807, 2.05) is 32.8 Å². The van der Waals surface area contributed by atoms with Gasteiger partial charge in [0.25, 0.3) is 0 Å². The molecule has 0 spiro atoms. The van der Waals surface area contributed by atoms with Crippen LogP contribution >= 0.6 is 34.8 Å². The normalized spacial score (nSPS) is 18.8. The number of likely N-dealkylation sites (tertiary alicyclic amines) is 3. The van der Waals surface area contributed by atoms with E-state index in [0.29, 0.717) is 91.0 Å². The van der Waals surface area contributed by atoms with Crippen LogP contribution in [0.1, 0.15) is 111 Å². The van der Waals surface area contributed by atoms with Crippen molar-refractivity contribution in [2.45, 2.75) is 131 Å². The summed E-state index contributed by atoms with van der Waals surface area (Å²) < 4.78 is 3.79. The van der Waals surface area contributed by atoms with Crippen LogP contribution < -0.4 is 5.32 Å². The third-order valence-electron chi connectivity index (χ3n) is 12.8. The number of aliphatic imine (C=N–C) groups is 1. The van der Waals surface area contributed by atoms with E-state index >= 15 is 0 Å². The van der Waals surface area contributed by atoms with E-state index < -0.39 is 0 Å². The van der Waals surface area contributed by atoms with Gasteiger partial charge in [0.1, 0.15) is 55.8 Å². The number of hydrogen-bond acceptors (Lipinski definition) is 15. The van der Waals surface area contributed by atoms with Gasteiger partial charge in [0, 0.05) is 70.7 Å². The van der Waals surface area contributed by atoms with Gasteiger partial charge in [0.05, 0.1) is 18.3 Å². The number of hydrogen-bond donors (Lipinski definition) is 2. The van der Waals surface area contributed by atoms with Gasteiger partial charge in [-0.3, -0.25) is 33.3 Å². The summed E-state index contributed by atoms with van der Waals surface area (Å²) in [5.41, 5.74) is 4.46. The van der Waals surface area contributed by atoms with Gasteiger partial charge in [-0.05, 0) is 75.3 Å². The second-order valence-electron chi connectivity index (χ2n) is 18.3. The molecule has 1 saturated carbocycles. The maximum absolute atomic E-state index is 12.2. The van der Waals surface area contributed by atoms with Crippen molar-refractivity contribution < 1.29 is 24.3 Å². The van der Waals surface area contributed by atoms with Crippen LogP contribution in [0.25, 0.3) is 22.3 Å². The van der Waals surface area contributed by atoms with Gasteiger partial charge in [-0.1, -0.05) is 63.2 Å². The van der Waals surface area contributed by atoms with Crippen LogP contribution in [0.2, 0.25) is 10.3 Å². The van der Waals surface area contributed by atoms with E-state index in [9.17, 15) is 19.2 Å². The van der Waals surface area contributed by atoms with Crippen molar-refractivity contribution in [2.24, 2.45) is 22.7 Å². The molecule has 10 rings (SSSR count). The van der Waals surface area contributed by atoms with Crippen molar-refractivity contribution >= 4 is 97.9 Å². The summed E-state index contributed by atoms with van der Waals surface area (Å²) in [7, 11) is 0. The second-order valence-corrected chi connectivity index (χ2v) is 19.4. The highest BCUT2D eigenvalue weighted by Gasteiger charge is 2.31. The first-order chi connectivity index (χ1) is 34.8. The topological polar surface area (TPSA) is 239 Å². The van der Waals surface area contributed by atoms with Gasteiger partial charge < -0.3 is 30.0 Å². The molecule has 3 saturated heterocycles. The second kappa shape index (κ2) is 27.4. The summed E-state index contributed by atoms with van der Waals surface area (Å²) in [6.45, 7) is 14.9. The van der Waals surface area contributed by atoms with E-state index in [2.05, 4.69) is 71.0 Å². The maximum Gasteiger partial charge on any atom is 0.316 e. The molecule has 4 fully saturated rings. The first kappa shape index (κ1) is 55.7. The summed E-state index contributed by atoms with van der Waals surface area (Å²) in [6, 6.07) is 0.521. The molecular formula is C48H67Cl3N16O5. The van der Waals surface area contributed by atoms with Crippen molar-refractivity contribution in [1.82, 2.24) is 68.6 Å². The number of carbonyl (C=O) groups is 4. The number of anilines is 1. The minimum atomic E-state index is -0.366. The number of halogens is 3. The molecule has 72 heavy (non-hydrogen) atoms. The Labute approximate surface area is 435 Å². The molecule has 5 aromatic heterocycles. The lowest BCUT2D eigenvalue weighted by Gasteiger charge is -2.17. The number of aliphatic hydroxyl groups is 1. The molecule has 390 valence electrons. The number of imidazole rings is 2. The van der Waals surface area contributed by atoms with E-state index in [-0.39, 0.29) is 29.8 Å². The number of fused-ring (bicyclic) bond motifs is 3. The third kappa shape index (κ3) is 15.2. The van der Waals surface area contributed by atoms with Gasteiger partial charge >= 0.3 is 5.37 Å². The number of rotatable bonds is 15. The van der Waals surface area contributed by atoms with E-state index in [0.717, 1.165) is 92.9 Å². The Morgan fingerprint density at radius 1 is 0.667 bits per heavy atom. The quantitative estimate of drug-likeness (QED) is 0.0579. The molecule has 5 aromatic rings. The fraction of sp³-hybridized carbons (Fsp3) is 0.604. The van der Waals surface area contributed by atoms with Crippen molar-refractivity contribution in [1.29, 1.82) is 0 Å². The Morgan fingerprint density at radius 3 is 1.62 bits per heavy atom. The lowest BCUT2D eigenvalue weighted by molar-refractivity contribution is -0.131. The van der Waals surface area contributed by atoms with Gasteiger partial charge in [0.2, 0.25) is 17.7 Å². The lowest BCUT2D eigenvalue weighted by atomic mass is 10.0. The van der Waals surface area contributed by atoms with Crippen LogP contribution in [0.5, 0.6) is 0 Å². The molecule has 0 bridgehead atoms. The summed E-state index contributed by atoms with van der Waals surface area (Å²) >= 11 is 16.8. The Morgan fingerprint density at radius 2 is 1.15 bits per heavy atom. The highest BCUT2D eigenvalue weighted by molar-refractivity contribution is 6.62. The van der Waals surface area contributed by atoms with Crippen LogP contribution in [0, 0.1) is 17.8 Å². The van der Waals surface area contributed by atoms with Crippen molar-refractivity contribution in [2.75, 3.05) is 44.8 Å². The minimum Gasteiger partial charge on any atom is -0.376 e. The highest BCUT2D eigenvalue weighted by Crippen LogP contribution is 2.30. The fourth-order valence-corrected chi connectivity index (χ4v) is 9.59. The molecule has 1 aliphatic carbocycles. The minimum absolute atomic E-state index is 0.103. The van der Waals surface area contributed by atoms with E-state index in [1.165, 1.54) is 30.4 Å². The molecule has 9 heterocycles. The van der Waals surface area contributed by atoms with Gasteiger partial charge in [0.15, 0.2) is 27.4 Å². The molecule has 0 aromatic carbocycles. The zero-order chi connectivity index (χ0) is 51.7. The smallest absolute Gasteiger partial charge is 0.316 e. The Hall–Kier alpha value is -5.64. The van der Waals surface area contributed by atoms with Crippen LogP contribution in [0.3, 0.4) is 0 Å². The zero-order valence-electron chi connectivity index (χ0n) is 41.8. The molecule has 5 aliphatic rings. The predicted octanol–water partition coefficient (Wildman–Crippen LogP) is 7.75. The van der Waals surface area contributed by atoms with Gasteiger partial charge in [-0.15, -0.1) is 0 Å². The van der Waals surface area contributed by atoms with E-state index in [1.54, 1.807) is 30.1 Å². The Kier molecular flexibility index (Phi) is 21.2. The molecular weight excluding hydrogens is 987 g/mol. The molecule has 4 amide bonds. The van der Waals surface area contributed by atoms with Crippen molar-refractivity contribution in [3.63, 3.8) is 0 Å². The third-order valence-corrected chi connectivity index (χ3v) is 13.6. The number of nitrogens with one attached hydrogen (secondary N) is 1. The predicted molar refractivity (Wildman–Crippen MR) is 277 cm³/mol. The highest BCUT2D eigenvalue weighted by atomic mass is 35.5. The molecule has 3 atom stereocenters. The number of aromatic nitrogens is 10. The van der Waals surface area contributed by atoms with Crippen LogP contribution in [-0.2, 0) is 34.1 Å². The summed E-state index contributed by atoms with van der Waals surface area (Å²) in [5, 5.41) is 12.5. The summed E-state index contributed by atoms with van der Waals surface area (Å²) in [5.74, 6) is 2.78. The lowest BCUT2D eigenvalue weighted by Crippen LogP contribution is -2.27. The summed E-state index contributed by atoms with van der Waals surface area (Å²) in [6.07, 6.45) is 21.4. The summed E-state index contributed by atoms with van der Waals surface area (Å²) in [4.78, 5) is 89.6. The number of amides is 4. The number of aliphatic hydroxyl groups excluding tert-OH is 1. The van der Waals surface area contributed by atoms with Crippen LogP contribution in [-0.4, -0.2) is 149 Å². The first-order valence-corrected chi connectivity index (χ1v) is 26.1. The molecule has 4 aliphatic heterocycles. The first-order valence-electron chi connectivity index (χ1n) is 24.9. The molecule has 2 N–H and O–H groups in total.